The molecule has 2 rings (SSSR count). The Morgan fingerprint density at radius 2 is 2.25 bits per heavy atom. The van der Waals surface area contributed by atoms with Gasteiger partial charge in [0.15, 0.2) is 0 Å². The summed E-state index contributed by atoms with van der Waals surface area (Å²) >= 11 is 0. The Morgan fingerprint density at radius 3 is 2.85 bits per heavy atom. The molecule has 1 aromatic rings. The van der Waals surface area contributed by atoms with Crippen LogP contribution in [-0.2, 0) is 16.1 Å². The Hall–Kier alpha value is -1.59. The first-order chi connectivity index (χ1) is 9.63. The lowest BCUT2D eigenvalue weighted by Gasteiger charge is -2.20. The Bertz CT molecular complexity index is 476. The molecule has 2 atom stereocenters. The zero-order valence-electron chi connectivity index (χ0n) is 12.2. The summed E-state index contributed by atoms with van der Waals surface area (Å²) in [6.07, 6.45) is 0.547. The highest BCUT2D eigenvalue weighted by Crippen LogP contribution is 2.24. The number of carbonyl (C=O) groups is 1. The van der Waals surface area contributed by atoms with E-state index in [1.807, 2.05) is 12.1 Å². The second-order valence-electron chi connectivity index (χ2n) is 5.10. The van der Waals surface area contributed by atoms with Gasteiger partial charge >= 0.3 is 0 Å². The van der Waals surface area contributed by atoms with E-state index in [2.05, 4.69) is 23.6 Å². The molecule has 2 unspecified atom stereocenters. The molecule has 1 aliphatic rings. The van der Waals surface area contributed by atoms with Gasteiger partial charge in [0, 0.05) is 37.7 Å². The average Bonchev–Trinajstić information content (AvgIpc) is 2.84. The van der Waals surface area contributed by atoms with Gasteiger partial charge in [0.1, 0.15) is 5.75 Å². The molecule has 0 saturated carbocycles. The van der Waals surface area contributed by atoms with Gasteiger partial charge < -0.3 is 20.1 Å². The topological polar surface area (TPSA) is 59.6 Å². The van der Waals surface area contributed by atoms with E-state index in [1.165, 1.54) is 0 Å². The summed E-state index contributed by atoms with van der Waals surface area (Å²) in [7, 11) is 3.33. The summed E-state index contributed by atoms with van der Waals surface area (Å²) in [6, 6.07) is 6.46. The first-order valence-corrected chi connectivity index (χ1v) is 6.82. The Labute approximate surface area is 119 Å². The number of hydrogen-bond acceptors (Lipinski definition) is 4. The van der Waals surface area contributed by atoms with E-state index in [0.717, 1.165) is 16.9 Å². The molecule has 1 aromatic carbocycles. The fourth-order valence-electron chi connectivity index (χ4n) is 2.51. The van der Waals surface area contributed by atoms with Gasteiger partial charge in [-0.2, -0.15) is 0 Å². The molecule has 20 heavy (non-hydrogen) atoms. The van der Waals surface area contributed by atoms with Crippen LogP contribution in [0.2, 0.25) is 0 Å². The first-order valence-electron chi connectivity index (χ1n) is 6.82. The van der Waals surface area contributed by atoms with Gasteiger partial charge in [0.05, 0.1) is 13.7 Å². The maximum absolute atomic E-state index is 11.2. The van der Waals surface area contributed by atoms with Crippen LogP contribution in [0.4, 0.5) is 0 Å². The molecule has 0 aromatic heterocycles. The molecular weight excluding hydrogens is 256 g/mol. The second kappa shape index (κ2) is 6.72. The Kier molecular flexibility index (Phi) is 4.98. The standard InChI is InChI=1S/C15H22N2O3/c1-10(17-13-7-15(18)16-8-13)11-4-5-14(20-3)12(6-11)9-19-2/h4-6,10,13,17H,7-9H2,1-3H3,(H,16,18). The van der Waals surface area contributed by atoms with Crippen LogP contribution in [0.15, 0.2) is 18.2 Å². The summed E-state index contributed by atoms with van der Waals surface area (Å²) in [5.41, 5.74) is 2.19. The summed E-state index contributed by atoms with van der Waals surface area (Å²) in [4.78, 5) is 11.2. The fraction of sp³-hybridized carbons (Fsp3) is 0.533. The number of ether oxygens (including phenoxy) is 2. The molecule has 5 heteroatoms. The average molecular weight is 278 g/mol. The third-order valence-electron chi connectivity index (χ3n) is 3.57. The molecule has 1 fully saturated rings. The zero-order valence-corrected chi connectivity index (χ0v) is 12.2. The third-order valence-corrected chi connectivity index (χ3v) is 3.57. The molecule has 1 heterocycles. The van der Waals surface area contributed by atoms with Crippen molar-refractivity contribution in [3.8, 4) is 5.75 Å². The van der Waals surface area contributed by atoms with Crippen LogP contribution >= 0.6 is 0 Å². The maximum Gasteiger partial charge on any atom is 0.221 e. The van der Waals surface area contributed by atoms with E-state index < -0.39 is 0 Å². The highest BCUT2D eigenvalue weighted by atomic mass is 16.5. The highest BCUT2D eigenvalue weighted by molar-refractivity contribution is 5.78. The van der Waals surface area contributed by atoms with Crippen molar-refractivity contribution >= 4 is 5.91 Å². The van der Waals surface area contributed by atoms with E-state index >= 15 is 0 Å². The van der Waals surface area contributed by atoms with E-state index in [4.69, 9.17) is 9.47 Å². The maximum atomic E-state index is 11.2. The summed E-state index contributed by atoms with van der Waals surface area (Å²) in [5, 5.41) is 6.30. The summed E-state index contributed by atoms with van der Waals surface area (Å²) < 4.78 is 10.5. The molecule has 1 aliphatic heterocycles. The van der Waals surface area contributed by atoms with Crippen LogP contribution in [0.1, 0.15) is 30.5 Å². The number of methoxy groups -OCH3 is 2. The minimum atomic E-state index is 0.115. The molecule has 0 spiro atoms. The molecule has 0 aliphatic carbocycles. The lowest BCUT2D eigenvalue weighted by atomic mass is 10.0. The number of benzene rings is 1. The second-order valence-corrected chi connectivity index (χ2v) is 5.10. The van der Waals surface area contributed by atoms with Crippen molar-refractivity contribution in [2.75, 3.05) is 20.8 Å². The van der Waals surface area contributed by atoms with E-state index in [0.29, 0.717) is 19.6 Å². The van der Waals surface area contributed by atoms with Crippen molar-refractivity contribution in [1.82, 2.24) is 10.6 Å². The number of nitrogens with one attached hydrogen (secondary N) is 2. The largest absolute Gasteiger partial charge is 0.496 e. The first kappa shape index (κ1) is 14.8. The molecule has 110 valence electrons. The van der Waals surface area contributed by atoms with Gasteiger partial charge in [-0.25, -0.2) is 0 Å². The Balaban J connectivity index is 2.07. The summed E-state index contributed by atoms with van der Waals surface area (Å²) in [5.74, 6) is 0.949. The third kappa shape index (κ3) is 3.49. The molecule has 1 amide bonds. The van der Waals surface area contributed by atoms with Gasteiger partial charge in [-0.05, 0) is 24.6 Å². The highest BCUT2D eigenvalue weighted by Gasteiger charge is 2.23. The number of carbonyl (C=O) groups excluding carboxylic acids is 1. The van der Waals surface area contributed by atoms with Gasteiger partial charge in [-0.1, -0.05) is 6.07 Å². The zero-order chi connectivity index (χ0) is 14.5. The quantitative estimate of drug-likeness (QED) is 0.825. The fourth-order valence-corrected chi connectivity index (χ4v) is 2.51. The van der Waals surface area contributed by atoms with Crippen molar-refractivity contribution < 1.29 is 14.3 Å². The van der Waals surface area contributed by atoms with E-state index in [9.17, 15) is 4.79 Å². The van der Waals surface area contributed by atoms with Gasteiger partial charge in [-0.3, -0.25) is 4.79 Å². The number of rotatable bonds is 6. The van der Waals surface area contributed by atoms with Crippen molar-refractivity contribution in [2.24, 2.45) is 0 Å². The minimum absolute atomic E-state index is 0.115. The lowest BCUT2D eigenvalue weighted by molar-refractivity contribution is -0.119. The van der Waals surface area contributed by atoms with Crippen LogP contribution in [0, 0.1) is 0 Å². The molecule has 0 radical (unpaired) electrons. The molecular formula is C15H22N2O3. The predicted molar refractivity (Wildman–Crippen MR) is 76.7 cm³/mol. The SMILES string of the molecule is COCc1cc(C(C)NC2CNC(=O)C2)ccc1OC. The van der Waals surface area contributed by atoms with Crippen molar-refractivity contribution in [1.29, 1.82) is 0 Å². The van der Waals surface area contributed by atoms with E-state index in [1.54, 1.807) is 14.2 Å². The predicted octanol–water partition coefficient (Wildman–Crippen LogP) is 1.38. The van der Waals surface area contributed by atoms with Gasteiger partial charge in [0.25, 0.3) is 0 Å². The molecule has 0 bridgehead atoms. The number of amides is 1. The minimum Gasteiger partial charge on any atom is -0.496 e. The monoisotopic (exact) mass is 278 g/mol. The van der Waals surface area contributed by atoms with Crippen molar-refractivity contribution in [2.45, 2.75) is 32.0 Å². The van der Waals surface area contributed by atoms with Crippen LogP contribution < -0.4 is 15.4 Å². The normalized spacial score (nSPS) is 19.8. The molecule has 5 nitrogen and oxygen atoms in total. The molecule has 2 N–H and O–H groups in total. The molecule has 1 saturated heterocycles. The van der Waals surface area contributed by atoms with Crippen molar-refractivity contribution in [3.05, 3.63) is 29.3 Å². The van der Waals surface area contributed by atoms with Crippen LogP contribution in [0.25, 0.3) is 0 Å². The number of hydrogen-bond donors (Lipinski definition) is 2. The van der Waals surface area contributed by atoms with Crippen LogP contribution in [0.5, 0.6) is 5.75 Å². The van der Waals surface area contributed by atoms with Gasteiger partial charge in [-0.15, -0.1) is 0 Å². The van der Waals surface area contributed by atoms with Gasteiger partial charge in [0.2, 0.25) is 5.91 Å². The van der Waals surface area contributed by atoms with E-state index in [-0.39, 0.29) is 18.0 Å². The Morgan fingerprint density at radius 1 is 1.45 bits per heavy atom. The summed E-state index contributed by atoms with van der Waals surface area (Å²) in [6.45, 7) is 3.32. The van der Waals surface area contributed by atoms with Crippen LogP contribution in [0.3, 0.4) is 0 Å². The smallest absolute Gasteiger partial charge is 0.221 e. The van der Waals surface area contributed by atoms with Crippen molar-refractivity contribution in [3.63, 3.8) is 0 Å². The van der Waals surface area contributed by atoms with Crippen LogP contribution in [-0.4, -0.2) is 32.7 Å². The lowest BCUT2D eigenvalue weighted by Crippen LogP contribution is -2.33.